The lowest BCUT2D eigenvalue weighted by Gasteiger charge is -2.16. The molecule has 1 aliphatic rings. The van der Waals surface area contributed by atoms with Crippen molar-refractivity contribution >= 4 is 17.6 Å². The van der Waals surface area contributed by atoms with Crippen LogP contribution >= 0.6 is 0 Å². The second-order valence-corrected chi connectivity index (χ2v) is 6.64. The molecule has 10 nitrogen and oxygen atoms in total. The Bertz CT molecular complexity index is 1030. The number of carbonyl (C=O) groups excluding carboxylic acids is 1. The Hall–Kier alpha value is -3.77. The Labute approximate surface area is 173 Å². The number of nitrogens with one attached hydrogen (secondary N) is 1. The van der Waals surface area contributed by atoms with Gasteiger partial charge in [-0.25, -0.2) is 19.7 Å². The summed E-state index contributed by atoms with van der Waals surface area (Å²) in [6, 6.07) is 3.72. The van der Waals surface area contributed by atoms with Crippen LogP contribution < -0.4 is 10.2 Å². The fraction of sp³-hybridized carbons (Fsp3) is 0.333. The van der Waals surface area contributed by atoms with E-state index in [0.29, 0.717) is 0 Å². The zero-order valence-electron chi connectivity index (χ0n) is 16.0. The fourth-order valence-corrected chi connectivity index (χ4v) is 2.88. The van der Waals surface area contributed by atoms with Crippen molar-refractivity contribution in [1.29, 1.82) is 0 Å². The number of ether oxygens (including phenoxy) is 1. The van der Waals surface area contributed by atoms with Gasteiger partial charge in [-0.1, -0.05) is 11.2 Å². The topological polar surface area (TPSA) is 119 Å². The van der Waals surface area contributed by atoms with E-state index in [1.807, 2.05) is 12.1 Å². The zero-order valence-corrected chi connectivity index (χ0v) is 16.0. The van der Waals surface area contributed by atoms with Crippen LogP contribution in [0.5, 0.6) is 0 Å². The van der Waals surface area contributed by atoms with E-state index in [0.717, 1.165) is 37.3 Å². The Morgan fingerprint density at radius 1 is 1.10 bits per heavy atom. The number of halogens is 3. The van der Waals surface area contributed by atoms with Crippen LogP contribution in [-0.4, -0.2) is 44.3 Å². The van der Waals surface area contributed by atoms with Gasteiger partial charge in [0.05, 0.1) is 18.1 Å². The molecule has 0 aliphatic carbocycles. The first-order valence-electron chi connectivity index (χ1n) is 9.25. The summed E-state index contributed by atoms with van der Waals surface area (Å²) < 4.78 is 46.8. The van der Waals surface area contributed by atoms with Crippen LogP contribution in [-0.2, 0) is 17.5 Å². The molecule has 0 unspecified atom stereocenters. The molecule has 1 aliphatic heterocycles. The minimum absolute atomic E-state index is 0.0150. The van der Waals surface area contributed by atoms with Crippen molar-refractivity contribution in [3.63, 3.8) is 0 Å². The minimum atomic E-state index is -4.76. The highest BCUT2D eigenvalue weighted by atomic mass is 19.4. The maximum absolute atomic E-state index is 12.5. The number of pyridine rings is 1. The van der Waals surface area contributed by atoms with Crippen LogP contribution in [0.25, 0.3) is 11.6 Å². The van der Waals surface area contributed by atoms with Gasteiger partial charge in [0.1, 0.15) is 12.4 Å². The molecule has 0 spiro atoms. The monoisotopic (exact) mass is 435 g/mol. The summed E-state index contributed by atoms with van der Waals surface area (Å²) in [5.41, 5.74) is 0.901. The SMILES string of the molecule is O=C(Nc1cnc(-c2noc(C(F)(F)F)n2)nc1)OCc1ccc(N2CCCC2)nc1. The van der Waals surface area contributed by atoms with Gasteiger partial charge in [-0.3, -0.25) is 5.32 Å². The molecule has 0 aromatic carbocycles. The summed E-state index contributed by atoms with van der Waals surface area (Å²) in [5.74, 6) is -1.22. The molecule has 13 heteroatoms. The smallest absolute Gasteiger partial charge is 0.444 e. The van der Waals surface area contributed by atoms with Crippen molar-refractivity contribution in [2.24, 2.45) is 0 Å². The van der Waals surface area contributed by atoms with Crippen LogP contribution in [0.4, 0.5) is 29.5 Å². The predicted molar refractivity (Wildman–Crippen MR) is 99.8 cm³/mol. The van der Waals surface area contributed by atoms with Crippen LogP contribution in [0.3, 0.4) is 0 Å². The molecule has 1 amide bonds. The Morgan fingerprint density at radius 3 is 2.45 bits per heavy atom. The van der Waals surface area contributed by atoms with E-state index in [1.54, 1.807) is 6.20 Å². The number of hydrogen-bond donors (Lipinski definition) is 1. The molecule has 3 aromatic heterocycles. The molecular weight excluding hydrogens is 419 g/mol. The summed E-state index contributed by atoms with van der Waals surface area (Å²) in [7, 11) is 0. The van der Waals surface area contributed by atoms with Gasteiger partial charge in [0.2, 0.25) is 11.6 Å². The Kier molecular flexibility index (Phi) is 5.64. The highest BCUT2D eigenvalue weighted by Crippen LogP contribution is 2.28. The van der Waals surface area contributed by atoms with E-state index in [9.17, 15) is 18.0 Å². The average molecular weight is 435 g/mol. The molecule has 3 aromatic rings. The van der Waals surface area contributed by atoms with E-state index in [2.05, 4.69) is 39.8 Å². The van der Waals surface area contributed by atoms with Crippen molar-refractivity contribution in [3.05, 3.63) is 42.2 Å². The molecule has 0 atom stereocenters. The first-order chi connectivity index (χ1) is 14.9. The fourth-order valence-electron chi connectivity index (χ4n) is 2.88. The maximum Gasteiger partial charge on any atom is 0.471 e. The molecule has 0 radical (unpaired) electrons. The van der Waals surface area contributed by atoms with Gasteiger partial charge in [0, 0.05) is 24.8 Å². The van der Waals surface area contributed by atoms with Gasteiger partial charge in [0.25, 0.3) is 0 Å². The van der Waals surface area contributed by atoms with Crippen molar-refractivity contribution in [2.45, 2.75) is 25.6 Å². The van der Waals surface area contributed by atoms with E-state index < -0.39 is 24.0 Å². The number of alkyl halides is 3. The Morgan fingerprint density at radius 2 is 1.84 bits per heavy atom. The van der Waals surface area contributed by atoms with E-state index in [4.69, 9.17) is 4.74 Å². The first-order valence-corrected chi connectivity index (χ1v) is 9.25. The Balaban J connectivity index is 1.29. The van der Waals surface area contributed by atoms with Crippen LogP contribution in [0, 0.1) is 0 Å². The van der Waals surface area contributed by atoms with Gasteiger partial charge in [-0.05, 0) is 18.9 Å². The molecule has 31 heavy (non-hydrogen) atoms. The summed E-state index contributed by atoms with van der Waals surface area (Å²) >= 11 is 0. The largest absolute Gasteiger partial charge is 0.471 e. The molecule has 1 saturated heterocycles. The third-order valence-electron chi connectivity index (χ3n) is 4.38. The number of amides is 1. The standard InChI is InChI=1S/C18H16F3N7O3/c19-18(20,21)16-26-15(27-31-16)14-23-8-12(9-24-14)25-17(29)30-10-11-3-4-13(22-7-11)28-5-1-2-6-28/h3-4,7-9H,1-2,5-6,10H2,(H,25,29). The van der Waals surface area contributed by atoms with Crippen molar-refractivity contribution in [2.75, 3.05) is 23.3 Å². The summed E-state index contributed by atoms with van der Waals surface area (Å²) in [6.45, 7) is 1.99. The molecule has 162 valence electrons. The lowest BCUT2D eigenvalue weighted by Crippen LogP contribution is -2.19. The summed E-state index contributed by atoms with van der Waals surface area (Å²) in [4.78, 5) is 29.3. The molecule has 0 bridgehead atoms. The zero-order chi connectivity index (χ0) is 21.8. The van der Waals surface area contributed by atoms with E-state index >= 15 is 0 Å². The minimum Gasteiger partial charge on any atom is -0.444 e. The van der Waals surface area contributed by atoms with Gasteiger partial charge in [-0.15, -0.1) is 0 Å². The average Bonchev–Trinajstić information content (AvgIpc) is 3.45. The van der Waals surface area contributed by atoms with Crippen molar-refractivity contribution in [3.8, 4) is 11.6 Å². The van der Waals surface area contributed by atoms with E-state index in [-0.39, 0.29) is 18.1 Å². The first kappa shape index (κ1) is 20.5. The molecule has 4 rings (SSSR count). The molecule has 1 fully saturated rings. The second kappa shape index (κ2) is 8.53. The second-order valence-electron chi connectivity index (χ2n) is 6.64. The summed E-state index contributed by atoms with van der Waals surface area (Å²) in [5, 5.41) is 5.60. The molecular formula is C18H16F3N7O3. The van der Waals surface area contributed by atoms with Crippen LogP contribution in [0.15, 0.2) is 35.2 Å². The van der Waals surface area contributed by atoms with Gasteiger partial charge in [0.15, 0.2) is 0 Å². The number of anilines is 2. The van der Waals surface area contributed by atoms with Gasteiger partial charge in [-0.2, -0.15) is 18.2 Å². The third-order valence-corrected chi connectivity index (χ3v) is 4.38. The predicted octanol–water partition coefficient (Wildman–Crippen LogP) is 3.29. The number of aromatic nitrogens is 5. The van der Waals surface area contributed by atoms with Gasteiger partial charge >= 0.3 is 18.2 Å². The van der Waals surface area contributed by atoms with Crippen molar-refractivity contribution in [1.82, 2.24) is 25.1 Å². The highest BCUT2D eigenvalue weighted by molar-refractivity contribution is 5.84. The molecule has 0 saturated carbocycles. The highest BCUT2D eigenvalue weighted by Gasteiger charge is 2.38. The van der Waals surface area contributed by atoms with Crippen molar-refractivity contribution < 1.29 is 27.2 Å². The molecule has 4 heterocycles. The number of nitrogens with zero attached hydrogens (tertiary/aromatic N) is 6. The van der Waals surface area contributed by atoms with Crippen LogP contribution in [0.2, 0.25) is 0 Å². The molecule has 1 N–H and O–H groups in total. The normalized spacial score (nSPS) is 14.0. The lowest BCUT2D eigenvalue weighted by atomic mass is 10.3. The summed E-state index contributed by atoms with van der Waals surface area (Å²) in [6.07, 6.45) is 0.805. The quantitative estimate of drug-likeness (QED) is 0.644. The maximum atomic E-state index is 12.5. The van der Waals surface area contributed by atoms with Gasteiger partial charge < -0.3 is 14.2 Å². The number of rotatable bonds is 5. The number of hydrogen-bond acceptors (Lipinski definition) is 9. The van der Waals surface area contributed by atoms with Crippen LogP contribution in [0.1, 0.15) is 24.3 Å². The third kappa shape index (κ3) is 5.05. The number of carbonyl (C=O) groups is 1. The lowest BCUT2D eigenvalue weighted by molar-refractivity contribution is -0.159. The van der Waals surface area contributed by atoms with E-state index in [1.165, 1.54) is 12.4 Å².